The molecule has 10 nitrogen and oxygen atoms in total. The van der Waals surface area contributed by atoms with Crippen LogP contribution >= 0.6 is 11.3 Å². The lowest BCUT2D eigenvalue weighted by Gasteiger charge is -2.29. The summed E-state index contributed by atoms with van der Waals surface area (Å²) in [7, 11) is 1.26. The second-order valence-electron chi connectivity index (χ2n) is 6.91. The maximum absolute atomic E-state index is 13.5. The average Bonchev–Trinajstić information content (AvgIpc) is 3.31. The first-order valence-electron chi connectivity index (χ1n) is 9.19. The van der Waals surface area contributed by atoms with Crippen LogP contribution in [0.2, 0.25) is 0 Å². The second-order valence-corrected chi connectivity index (χ2v) is 7.89. The highest BCUT2D eigenvalue weighted by atomic mass is 32.1. The smallest absolute Gasteiger partial charge is 0.378 e. The minimum absolute atomic E-state index is 0.206. The monoisotopic (exact) mass is 462 g/mol. The van der Waals surface area contributed by atoms with Gasteiger partial charge in [-0.15, -0.1) is 0 Å². The number of imidazole rings is 1. The van der Waals surface area contributed by atoms with Crippen LogP contribution in [-0.4, -0.2) is 63.9 Å². The number of nitrogens with zero attached hydrogens (tertiary/aromatic N) is 4. The summed E-state index contributed by atoms with van der Waals surface area (Å²) in [6.07, 6.45) is -4.27. The summed E-state index contributed by atoms with van der Waals surface area (Å²) >= 11 is 1.10. The van der Waals surface area contributed by atoms with Gasteiger partial charge in [0.2, 0.25) is 11.5 Å². The Morgan fingerprint density at radius 2 is 1.97 bits per heavy atom. The molecule has 31 heavy (non-hydrogen) atoms. The van der Waals surface area contributed by atoms with Gasteiger partial charge in [0.1, 0.15) is 4.88 Å². The molecule has 1 saturated heterocycles. The molecule has 1 aliphatic rings. The Labute approximate surface area is 179 Å². The van der Waals surface area contributed by atoms with Gasteiger partial charge in [-0.3, -0.25) is 20.4 Å². The van der Waals surface area contributed by atoms with E-state index in [1.54, 1.807) is 6.92 Å². The third-order valence-electron chi connectivity index (χ3n) is 4.67. The fraction of sp³-hybridized carbons (Fsp3) is 0.529. The van der Waals surface area contributed by atoms with E-state index in [-0.39, 0.29) is 4.88 Å². The van der Waals surface area contributed by atoms with E-state index >= 15 is 0 Å². The van der Waals surface area contributed by atoms with Crippen LogP contribution in [0.5, 0.6) is 0 Å². The molecule has 2 amide bonds. The van der Waals surface area contributed by atoms with E-state index in [1.165, 1.54) is 13.2 Å². The average molecular weight is 462 g/mol. The van der Waals surface area contributed by atoms with E-state index in [4.69, 9.17) is 4.74 Å². The molecule has 14 heteroatoms. The Balaban J connectivity index is 1.65. The summed E-state index contributed by atoms with van der Waals surface area (Å²) in [5, 5.41) is 10.8. The zero-order valence-electron chi connectivity index (χ0n) is 16.7. The highest BCUT2D eigenvalue weighted by Crippen LogP contribution is 2.40. The van der Waals surface area contributed by atoms with Gasteiger partial charge >= 0.3 is 6.18 Å². The molecule has 0 aromatic carbocycles. The number of rotatable bonds is 5. The van der Waals surface area contributed by atoms with Gasteiger partial charge in [0, 0.05) is 32.5 Å². The number of halogens is 3. The number of ether oxygens (including phenoxy) is 1. The van der Waals surface area contributed by atoms with Crippen molar-refractivity contribution in [1.29, 1.82) is 0 Å². The summed E-state index contributed by atoms with van der Waals surface area (Å²) in [6, 6.07) is 0. The number of aryl methyl sites for hydroxylation is 2. The first-order chi connectivity index (χ1) is 14.5. The van der Waals surface area contributed by atoms with E-state index in [0.717, 1.165) is 22.1 Å². The van der Waals surface area contributed by atoms with Gasteiger partial charge in [0.05, 0.1) is 25.3 Å². The highest BCUT2D eigenvalue weighted by Gasteiger charge is 2.58. The van der Waals surface area contributed by atoms with Crippen molar-refractivity contribution in [2.24, 2.45) is 7.05 Å². The summed E-state index contributed by atoms with van der Waals surface area (Å²) in [5.74, 6) is -2.71. The minimum Gasteiger partial charge on any atom is -0.378 e. The van der Waals surface area contributed by atoms with Gasteiger partial charge in [-0.05, 0) is 6.92 Å². The Kier molecular flexibility index (Phi) is 6.52. The number of thiazole rings is 1. The van der Waals surface area contributed by atoms with Gasteiger partial charge in [-0.25, -0.2) is 9.97 Å². The van der Waals surface area contributed by atoms with Crippen molar-refractivity contribution >= 4 is 28.3 Å². The van der Waals surface area contributed by atoms with Crippen LogP contribution in [0.1, 0.15) is 27.6 Å². The van der Waals surface area contributed by atoms with E-state index in [2.05, 4.69) is 15.4 Å². The van der Waals surface area contributed by atoms with Gasteiger partial charge in [-0.1, -0.05) is 11.3 Å². The van der Waals surface area contributed by atoms with Crippen molar-refractivity contribution in [3.05, 3.63) is 28.8 Å². The number of carbonyl (C=O) groups is 2. The number of hydrazine groups is 1. The molecule has 0 saturated carbocycles. The lowest BCUT2D eigenvalue weighted by atomic mass is 9.97. The number of hydrogen-bond acceptors (Lipinski definition) is 8. The maximum atomic E-state index is 13.5. The molecule has 1 atom stereocenters. The molecule has 1 aliphatic heterocycles. The van der Waals surface area contributed by atoms with Gasteiger partial charge in [0.25, 0.3) is 5.91 Å². The van der Waals surface area contributed by atoms with Crippen LogP contribution < -0.4 is 15.8 Å². The molecule has 0 aliphatic carbocycles. The molecule has 3 N–H and O–H groups in total. The fourth-order valence-electron chi connectivity index (χ4n) is 3.01. The van der Waals surface area contributed by atoms with Crippen LogP contribution in [0.4, 0.5) is 18.3 Å². The molecule has 0 radical (unpaired) electrons. The number of carbonyl (C=O) groups excluding carboxylic acids is 2. The normalized spacial score (nSPS) is 16.6. The van der Waals surface area contributed by atoms with E-state index in [0.29, 0.717) is 37.1 Å². The third kappa shape index (κ3) is 4.80. The number of morpholine rings is 1. The molecule has 0 bridgehead atoms. The van der Waals surface area contributed by atoms with Crippen molar-refractivity contribution in [3.8, 4) is 0 Å². The van der Waals surface area contributed by atoms with Crippen LogP contribution in [0.15, 0.2) is 12.4 Å². The zero-order chi connectivity index (χ0) is 22.8. The number of aliphatic hydroxyl groups is 1. The highest BCUT2D eigenvalue weighted by molar-refractivity contribution is 7.17. The largest absolute Gasteiger partial charge is 0.425 e. The number of anilines is 1. The van der Waals surface area contributed by atoms with E-state index in [9.17, 15) is 27.9 Å². The standard InChI is InChI=1S/C17H21F3N6O4S/c1-10-12(31-15(22-10)26-5-7-30-8-6-26)13(28)24-23-11(27)9-16(29,17(18,19)20)14-21-3-4-25(14)2/h3-4,29H,5-9H2,1-2H3,(H,23,27)(H,24,28). The summed E-state index contributed by atoms with van der Waals surface area (Å²) in [6.45, 7) is 3.92. The van der Waals surface area contributed by atoms with Crippen molar-refractivity contribution in [2.45, 2.75) is 25.1 Å². The van der Waals surface area contributed by atoms with Crippen molar-refractivity contribution in [1.82, 2.24) is 25.4 Å². The molecule has 1 unspecified atom stereocenters. The van der Waals surface area contributed by atoms with E-state index in [1.807, 2.05) is 10.3 Å². The zero-order valence-corrected chi connectivity index (χ0v) is 17.5. The Bertz CT molecular complexity index is 956. The Morgan fingerprint density at radius 3 is 2.55 bits per heavy atom. The van der Waals surface area contributed by atoms with Gasteiger partial charge in [-0.2, -0.15) is 13.2 Å². The number of hydrogen-bond donors (Lipinski definition) is 3. The molecule has 1 fully saturated rings. The first-order valence-corrected chi connectivity index (χ1v) is 10.0. The second kappa shape index (κ2) is 8.80. The molecule has 3 rings (SSSR count). The van der Waals surface area contributed by atoms with Crippen LogP contribution in [0.3, 0.4) is 0 Å². The Hall–Kier alpha value is -2.71. The van der Waals surface area contributed by atoms with Crippen LogP contribution in [0.25, 0.3) is 0 Å². The van der Waals surface area contributed by atoms with Crippen molar-refractivity contribution in [3.63, 3.8) is 0 Å². The SMILES string of the molecule is Cc1nc(N2CCOCC2)sc1C(=O)NNC(=O)CC(O)(c1nccn1C)C(F)(F)F. The lowest BCUT2D eigenvalue weighted by molar-refractivity contribution is -0.271. The van der Waals surface area contributed by atoms with Crippen molar-refractivity contribution in [2.75, 3.05) is 31.2 Å². The lowest BCUT2D eigenvalue weighted by Crippen LogP contribution is -2.50. The van der Waals surface area contributed by atoms with E-state index < -0.39 is 35.8 Å². The number of nitrogens with one attached hydrogen (secondary N) is 2. The number of amides is 2. The van der Waals surface area contributed by atoms with Crippen LogP contribution in [-0.2, 0) is 22.2 Å². The summed E-state index contributed by atoms with van der Waals surface area (Å²) < 4.78 is 46.8. The Morgan fingerprint density at radius 1 is 1.29 bits per heavy atom. The van der Waals surface area contributed by atoms with Crippen LogP contribution in [0, 0.1) is 6.92 Å². The minimum atomic E-state index is -5.17. The number of alkyl halides is 3. The molecule has 3 heterocycles. The predicted molar refractivity (Wildman–Crippen MR) is 103 cm³/mol. The topological polar surface area (TPSA) is 122 Å². The molecular formula is C17H21F3N6O4S. The quantitative estimate of drug-likeness (QED) is 0.557. The van der Waals surface area contributed by atoms with Gasteiger partial charge in [0.15, 0.2) is 11.0 Å². The summed E-state index contributed by atoms with van der Waals surface area (Å²) in [4.78, 5) is 34.5. The van der Waals surface area contributed by atoms with Gasteiger partial charge < -0.3 is 19.3 Å². The maximum Gasteiger partial charge on any atom is 0.425 e. The molecular weight excluding hydrogens is 441 g/mol. The number of aromatic nitrogens is 3. The molecule has 2 aromatic rings. The predicted octanol–water partition coefficient (Wildman–Crippen LogP) is 0.623. The molecule has 2 aromatic heterocycles. The third-order valence-corrected chi connectivity index (χ3v) is 5.88. The molecule has 170 valence electrons. The fourth-order valence-corrected chi connectivity index (χ4v) is 4.03. The van der Waals surface area contributed by atoms with Crippen molar-refractivity contribution < 1.29 is 32.6 Å². The first kappa shape index (κ1) is 23.0. The molecule has 0 spiro atoms. The summed E-state index contributed by atoms with van der Waals surface area (Å²) in [5.41, 5.74) is 0.880.